The lowest BCUT2D eigenvalue weighted by molar-refractivity contribution is -0.146. The van der Waals surface area contributed by atoms with Crippen molar-refractivity contribution >= 4 is 30.2 Å². The highest BCUT2D eigenvalue weighted by Crippen LogP contribution is 2.28. The minimum Gasteiger partial charge on any atom is -0.379 e. The van der Waals surface area contributed by atoms with Gasteiger partial charge in [0.05, 0.1) is 6.42 Å². The van der Waals surface area contributed by atoms with E-state index in [1.54, 1.807) is 6.92 Å². The first-order chi connectivity index (χ1) is 8.90. The number of carbonyl (C=O) groups is 2. The minimum atomic E-state index is -1.63. The summed E-state index contributed by atoms with van der Waals surface area (Å²) >= 11 is 0. The molecular weight excluding hydrogens is 284 g/mol. The summed E-state index contributed by atoms with van der Waals surface area (Å²) in [5, 5.41) is 14.4. The highest BCUT2D eigenvalue weighted by Gasteiger charge is 2.50. The van der Waals surface area contributed by atoms with Crippen LogP contribution < -0.4 is 0 Å². The van der Waals surface area contributed by atoms with Crippen LogP contribution in [0.5, 0.6) is 0 Å². The predicted octanol–water partition coefficient (Wildman–Crippen LogP) is 0.349. The smallest absolute Gasteiger partial charge is 0.283 e. The maximum Gasteiger partial charge on any atom is 0.283 e. The standard InChI is InChI=1S/C12H20N4O3.ClH/c1-4-13-9-14-16-10(17)8-12(19,11(16)18)6-5-7-15(2)3;/h19H,4-8H2,1-3H3;1H. The SMILES string of the molecule is CCN=C=NN1C(=O)CC(O)(CCCN(C)C)C1=O.Cl. The molecule has 8 heteroatoms. The summed E-state index contributed by atoms with van der Waals surface area (Å²) in [6.07, 6.45) is 0.645. The number of aliphatic hydroxyl groups is 1. The number of halogens is 1. The van der Waals surface area contributed by atoms with Crippen molar-refractivity contribution in [1.29, 1.82) is 0 Å². The summed E-state index contributed by atoms with van der Waals surface area (Å²) in [4.78, 5) is 29.3. The van der Waals surface area contributed by atoms with Crippen LogP contribution in [0.4, 0.5) is 0 Å². The van der Waals surface area contributed by atoms with E-state index in [0.29, 0.717) is 18.0 Å². The number of hydrazone groups is 1. The van der Waals surface area contributed by atoms with E-state index >= 15 is 0 Å². The van der Waals surface area contributed by atoms with E-state index in [1.807, 2.05) is 19.0 Å². The molecule has 1 heterocycles. The Morgan fingerprint density at radius 3 is 2.65 bits per heavy atom. The molecule has 1 aliphatic heterocycles. The Morgan fingerprint density at radius 2 is 2.10 bits per heavy atom. The van der Waals surface area contributed by atoms with E-state index in [-0.39, 0.29) is 25.2 Å². The molecule has 1 atom stereocenters. The molecule has 0 aromatic rings. The first kappa shape index (κ1) is 18.7. The normalized spacial score (nSPS) is 21.8. The number of rotatable bonds is 6. The molecule has 2 amide bonds. The van der Waals surface area contributed by atoms with Gasteiger partial charge in [0.25, 0.3) is 11.8 Å². The molecule has 0 spiro atoms. The van der Waals surface area contributed by atoms with Crippen LogP contribution in [-0.2, 0) is 9.59 Å². The quantitative estimate of drug-likeness (QED) is 0.567. The fourth-order valence-corrected chi connectivity index (χ4v) is 1.84. The first-order valence-corrected chi connectivity index (χ1v) is 6.27. The third-order valence-corrected chi connectivity index (χ3v) is 2.84. The van der Waals surface area contributed by atoms with Gasteiger partial charge in [-0.1, -0.05) is 5.10 Å². The second-order valence-electron chi connectivity index (χ2n) is 4.80. The van der Waals surface area contributed by atoms with E-state index in [2.05, 4.69) is 16.1 Å². The zero-order valence-corrected chi connectivity index (χ0v) is 12.8. The number of imide groups is 1. The number of hydrogen-bond donors (Lipinski definition) is 1. The van der Waals surface area contributed by atoms with Crippen LogP contribution in [0, 0.1) is 0 Å². The summed E-state index contributed by atoms with van der Waals surface area (Å²) in [5.74, 6) is -1.20. The van der Waals surface area contributed by atoms with Crippen molar-refractivity contribution in [3.8, 4) is 0 Å². The third-order valence-electron chi connectivity index (χ3n) is 2.84. The Bertz CT molecular complexity index is 421. The largest absolute Gasteiger partial charge is 0.379 e. The van der Waals surface area contributed by atoms with Crippen LogP contribution >= 0.6 is 12.4 Å². The average Bonchev–Trinajstić information content (AvgIpc) is 2.52. The van der Waals surface area contributed by atoms with Gasteiger partial charge in [0.2, 0.25) is 0 Å². The molecule has 0 radical (unpaired) electrons. The van der Waals surface area contributed by atoms with Crippen molar-refractivity contribution in [3.63, 3.8) is 0 Å². The van der Waals surface area contributed by atoms with Crippen molar-refractivity contribution in [3.05, 3.63) is 0 Å². The van der Waals surface area contributed by atoms with Crippen LogP contribution in [0.1, 0.15) is 26.2 Å². The highest BCUT2D eigenvalue weighted by molar-refractivity contribution is 6.07. The molecular formula is C12H21ClN4O3. The monoisotopic (exact) mass is 304 g/mol. The third kappa shape index (κ3) is 4.68. The van der Waals surface area contributed by atoms with Crippen LogP contribution in [-0.4, -0.2) is 65.6 Å². The molecule has 0 bridgehead atoms. The molecule has 1 aliphatic rings. The van der Waals surface area contributed by atoms with Gasteiger partial charge in [-0.2, -0.15) is 5.01 Å². The second-order valence-corrected chi connectivity index (χ2v) is 4.80. The molecule has 1 unspecified atom stereocenters. The Hall–Kier alpha value is -1.27. The summed E-state index contributed by atoms with van der Waals surface area (Å²) in [6.45, 7) is 2.99. The molecule has 1 saturated heterocycles. The summed E-state index contributed by atoms with van der Waals surface area (Å²) in [7, 11) is 3.81. The lowest BCUT2D eigenvalue weighted by Crippen LogP contribution is -2.38. The summed E-state index contributed by atoms with van der Waals surface area (Å²) in [6, 6.07) is 2.26. The Kier molecular flexibility index (Phi) is 7.60. The van der Waals surface area contributed by atoms with Gasteiger partial charge in [-0.25, -0.2) is 4.99 Å². The van der Waals surface area contributed by atoms with E-state index in [1.165, 1.54) is 0 Å². The number of amides is 2. The van der Waals surface area contributed by atoms with Crippen LogP contribution in [0.25, 0.3) is 0 Å². The molecule has 0 aromatic carbocycles. The van der Waals surface area contributed by atoms with Crippen molar-refractivity contribution in [2.75, 3.05) is 27.2 Å². The van der Waals surface area contributed by atoms with Crippen LogP contribution in [0.3, 0.4) is 0 Å². The molecule has 1 rings (SSSR count). The topological polar surface area (TPSA) is 85.6 Å². The van der Waals surface area contributed by atoms with Crippen molar-refractivity contribution in [2.24, 2.45) is 10.1 Å². The summed E-state index contributed by atoms with van der Waals surface area (Å²) in [5.41, 5.74) is -1.63. The molecule has 0 aromatic heterocycles. The van der Waals surface area contributed by atoms with Crippen LogP contribution in [0.2, 0.25) is 0 Å². The Labute approximate surface area is 124 Å². The zero-order valence-electron chi connectivity index (χ0n) is 12.0. The number of carbonyl (C=O) groups excluding carboxylic acids is 2. The van der Waals surface area contributed by atoms with Crippen LogP contribution in [0.15, 0.2) is 10.1 Å². The second kappa shape index (κ2) is 8.11. The predicted molar refractivity (Wildman–Crippen MR) is 76.9 cm³/mol. The van der Waals surface area contributed by atoms with Gasteiger partial charge in [0.1, 0.15) is 6.01 Å². The molecule has 0 saturated carbocycles. The Balaban J connectivity index is 0.00000361. The molecule has 114 valence electrons. The van der Waals surface area contributed by atoms with Gasteiger partial charge in [-0.3, -0.25) is 9.59 Å². The van der Waals surface area contributed by atoms with E-state index in [4.69, 9.17) is 0 Å². The van der Waals surface area contributed by atoms with Gasteiger partial charge in [0, 0.05) is 6.54 Å². The van der Waals surface area contributed by atoms with Gasteiger partial charge >= 0.3 is 0 Å². The number of aliphatic imine (C=N–C) groups is 1. The molecule has 0 aliphatic carbocycles. The molecule has 1 N–H and O–H groups in total. The highest BCUT2D eigenvalue weighted by atomic mass is 35.5. The number of hydrogen-bond acceptors (Lipinski definition) is 6. The van der Waals surface area contributed by atoms with E-state index in [0.717, 1.165) is 6.54 Å². The van der Waals surface area contributed by atoms with Gasteiger partial charge in [-0.15, -0.1) is 12.4 Å². The van der Waals surface area contributed by atoms with Crippen molar-refractivity contribution < 1.29 is 14.7 Å². The van der Waals surface area contributed by atoms with Gasteiger partial charge in [0.15, 0.2) is 5.60 Å². The molecule has 1 fully saturated rings. The maximum absolute atomic E-state index is 12.0. The van der Waals surface area contributed by atoms with Crippen molar-refractivity contribution in [1.82, 2.24) is 9.91 Å². The van der Waals surface area contributed by atoms with Gasteiger partial charge < -0.3 is 10.0 Å². The van der Waals surface area contributed by atoms with Gasteiger partial charge in [-0.05, 0) is 40.4 Å². The van der Waals surface area contributed by atoms with E-state index in [9.17, 15) is 14.7 Å². The van der Waals surface area contributed by atoms with E-state index < -0.39 is 17.4 Å². The molecule has 20 heavy (non-hydrogen) atoms. The fraction of sp³-hybridized carbons (Fsp3) is 0.750. The van der Waals surface area contributed by atoms with Crippen molar-refractivity contribution in [2.45, 2.75) is 31.8 Å². The number of nitrogens with zero attached hydrogens (tertiary/aromatic N) is 4. The summed E-state index contributed by atoms with van der Waals surface area (Å²) < 4.78 is 0. The fourth-order valence-electron chi connectivity index (χ4n) is 1.84. The maximum atomic E-state index is 12.0. The molecule has 7 nitrogen and oxygen atoms in total. The Morgan fingerprint density at radius 1 is 1.45 bits per heavy atom. The zero-order chi connectivity index (χ0) is 14.5. The lowest BCUT2D eigenvalue weighted by atomic mass is 9.96. The first-order valence-electron chi connectivity index (χ1n) is 6.27. The minimum absolute atomic E-state index is 0. The lowest BCUT2D eigenvalue weighted by Gasteiger charge is -2.19. The average molecular weight is 305 g/mol.